The van der Waals surface area contributed by atoms with Crippen molar-refractivity contribution < 1.29 is 14.3 Å². The number of nitrogens with zero attached hydrogens (tertiary/aromatic N) is 2. The third-order valence-electron chi connectivity index (χ3n) is 3.73. The van der Waals surface area contributed by atoms with Crippen LogP contribution in [0.4, 0.5) is 0 Å². The van der Waals surface area contributed by atoms with Gasteiger partial charge in [-0.1, -0.05) is 30.3 Å². The molecule has 1 aromatic heterocycles. The van der Waals surface area contributed by atoms with E-state index in [0.29, 0.717) is 24.6 Å². The van der Waals surface area contributed by atoms with Gasteiger partial charge in [-0.05, 0) is 24.8 Å². The minimum absolute atomic E-state index is 0.112. The van der Waals surface area contributed by atoms with Gasteiger partial charge in [0.2, 0.25) is 11.8 Å². The van der Waals surface area contributed by atoms with Crippen molar-refractivity contribution in [3.8, 4) is 0 Å². The molecule has 1 heterocycles. The zero-order valence-electron chi connectivity index (χ0n) is 11.1. The zero-order valence-corrected chi connectivity index (χ0v) is 11.1. The predicted molar refractivity (Wildman–Crippen MR) is 71.3 cm³/mol. The Morgan fingerprint density at radius 2 is 2.00 bits per heavy atom. The number of carboxylic acids is 1. The van der Waals surface area contributed by atoms with Crippen LogP contribution in [0.5, 0.6) is 0 Å². The standard InChI is InChI=1S/C15H16N2O3/c18-13(19)8-4-7-12-16-17-14(20-12)15(9-10-15)11-5-2-1-3-6-11/h1-3,5-6H,4,7-10H2,(H,18,19). The Labute approximate surface area is 116 Å². The fraction of sp³-hybridized carbons (Fsp3) is 0.400. The summed E-state index contributed by atoms with van der Waals surface area (Å²) in [7, 11) is 0. The Morgan fingerprint density at radius 3 is 2.65 bits per heavy atom. The van der Waals surface area contributed by atoms with Gasteiger partial charge in [0, 0.05) is 12.8 Å². The van der Waals surface area contributed by atoms with Gasteiger partial charge in [0.15, 0.2) is 0 Å². The van der Waals surface area contributed by atoms with Gasteiger partial charge in [0.05, 0.1) is 5.41 Å². The molecule has 0 atom stereocenters. The van der Waals surface area contributed by atoms with Gasteiger partial charge in [-0.2, -0.15) is 0 Å². The van der Waals surface area contributed by atoms with E-state index >= 15 is 0 Å². The van der Waals surface area contributed by atoms with Crippen molar-refractivity contribution in [2.24, 2.45) is 0 Å². The normalized spacial score (nSPS) is 16.0. The van der Waals surface area contributed by atoms with E-state index in [2.05, 4.69) is 22.3 Å². The number of carbonyl (C=O) groups is 1. The molecule has 0 aliphatic heterocycles. The van der Waals surface area contributed by atoms with Crippen molar-refractivity contribution in [1.29, 1.82) is 0 Å². The Morgan fingerprint density at radius 1 is 1.25 bits per heavy atom. The van der Waals surface area contributed by atoms with E-state index in [1.807, 2.05) is 18.2 Å². The maximum absolute atomic E-state index is 10.5. The maximum Gasteiger partial charge on any atom is 0.303 e. The molecular formula is C15H16N2O3. The highest BCUT2D eigenvalue weighted by molar-refractivity contribution is 5.66. The van der Waals surface area contributed by atoms with Crippen LogP contribution in [0.25, 0.3) is 0 Å². The Kier molecular flexibility index (Phi) is 3.26. The molecule has 1 saturated carbocycles. The lowest BCUT2D eigenvalue weighted by Crippen LogP contribution is -2.08. The van der Waals surface area contributed by atoms with Crippen LogP contribution in [-0.4, -0.2) is 21.3 Å². The molecule has 0 amide bonds. The van der Waals surface area contributed by atoms with Gasteiger partial charge >= 0.3 is 5.97 Å². The molecule has 0 bridgehead atoms. The minimum atomic E-state index is -0.798. The van der Waals surface area contributed by atoms with Crippen LogP contribution in [0.3, 0.4) is 0 Å². The predicted octanol–water partition coefficient (Wildman–Crippen LogP) is 2.56. The molecule has 3 rings (SSSR count). The highest BCUT2D eigenvalue weighted by Crippen LogP contribution is 2.52. The summed E-state index contributed by atoms with van der Waals surface area (Å²) < 4.78 is 5.73. The van der Waals surface area contributed by atoms with Gasteiger partial charge in [0.25, 0.3) is 0 Å². The lowest BCUT2D eigenvalue weighted by Gasteiger charge is -2.10. The van der Waals surface area contributed by atoms with Crippen LogP contribution in [0, 0.1) is 0 Å². The fourth-order valence-corrected chi connectivity index (χ4v) is 2.45. The molecule has 1 N–H and O–H groups in total. The van der Waals surface area contributed by atoms with E-state index in [4.69, 9.17) is 9.52 Å². The summed E-state index contributed by atoms with van der Waals surface area (Å²) in [6.07, 6.45) is 3.21. The van der Waals surface area contributed by atoms with Crippen LogP contribution in [-0.2, 0) is 16.6 Å². The topological polar surface area (TPSA) is 76.2 Å². The van der Waals surface area contributed by atoms with Crippen molar-refractivity contribution in [2.45, 2.75) is 37.5 Å². The molecule has 1 aromatic carbocycles. The largest absolute Gasteiger partial charge is 0.481 e. The van der Waals surface area contributed by atoms with Crippen molar-refractivity contribution in [3.05, 3.63) is 47.7 Å². The number of aliphatic carboxylic acids is 1. The van der Waals surface area contributed by atoms with Gasteiger partial charge < -0.3 is 9.52 Å². The average molecular weight is 272 g/mol. The number of aryl methyl sites for hydroxylation is 1. The molecule has 104 valence electrons. The summed E-state index contributed by atoms with van der Waals surface area (Å²) in [5, 5.41) is 16.8. The fourth-order valence-electron chi connectivity index (χ4n) is 2.45. The average Bonchev–Trinajstić information content (AvgIpc) is 3.13. The minimum Gasteiger partial charge on any atom is -0.481 e. The molecule has 0 radical (unpaired) electrons. The zero-order chi connectivity index (χ0) is 14.0. The molecule has 5 nitrogen and oxygen atoms in total. The molecule has 2 aromatic rings. The molecule has 1 aliphatic rings. The van der Waals surface area contributed by atoms with Crippen molar-refractivity contribution in [2.75, 3.05) is 0 Å². The summed E-state index contributed by atoms with van der Waals surface area (Å²) >= 11 is 0. The summed E-state index contributed by atoms with van der Waals surface area (Å²) in [6, 6.07) is 10.2. The number of aromatic nitrogens is 2. The van der Waals surface area contributed by atoms with E-state index < -0.39 is 5.97 Å². The number of hydrogen-bond donors (Lipinski definition) is 1. The van der Waals surface area contributed by atoms with Crippen LogP contribution in [0.1, 0.15) is 43.0 Å². The number of carboxylic acid groups (broad SMARTS) is 1. The van der Waals surface area contributed by atoms with E-state index in [-0.39, 0.29) is 11.8 Å². The first kappa shape index (κ1) is 12.8. The highest BCUT2D eigenvalue weighted by Gasteiger charge is 2.50. The van der Waals surface area contributed by atoms with Gasteiger partial charge in [-0.3, -0.25) is 4.79 Å². The van der Waals surface area contributed by atoms with Crippen molar-refractivity contribution >= 4 is 5.97 Å². The third kappa shape index (κ3) is 2.43. The lowest BCUT2D eigenvalue weighted by molar-refractivity contribution is -0.137. The monoisotopic (exact) mass is 272 g/mol. The van der Waals surface area contributed by atoms with Crippen LogP contribution < -0.4 is 0 Å². The molecule has 0 unspecified atom stereocenters. The Bertz CT molecular complexity index is 603. The SMILES string of the molecule is O=C(O)CCCc1nnc(C2(c3ccccc3)CC2)o1. The summed E-state index contributed by atoms with van der Waals surface area (Å²) in [5.74, 6) is 0.394. The lowest BCUT2D eigenvalue weighted by atomic mass is 9.96. The second-order valence-electron chi connectivity index (χ2n) is 5.20. The summed E-state index contributed by atoms with van der Waals surface area (Å²) in [6.45, 7) is 0. The summed E-state index contributed by atoms with van der Waals surface area (Å²) in [4.78, 5) is 10.5. The van der Waals surface area contributed by atoms with E-state index in [1.54, 1.807) is 0 Å². The number of benzene rings is 1. The first-order valence-corrected chi connectivity index (χ1v) is 6.81. The molecule has 0 spiro atoms. The quantitative estimate of drug-likeness (QED) is 0.874. The Hall–Kier alpha value is -2.17. The first-order chi connectivity index (χ1) is 9.71. The number of hydrogen-bond acceptors (Lipinski definition) is 4. The van der Waals surface area contributed by atoms with Crippen LogP contribution >= 0.6 is 0 Å². The molecule has 20 heavy (non-hydrogen) atoms. The smallest absolute Gasteiger partial charge is 0.303 e. The molecule has 0 saturated heterocycles. The van der Waals surface area contributed by atoms with E-state index in [9.17, 15) is 4.79 Å². The maximum atomic E-state index is 10.5. The van der Waals surface area contributed by atoms with E-state index in [0.717, 1.165) is 12.8 Å². The van der Waals surface area contributed by atoms with E-state index in [1.165, 1.54) is 5.56 Å². The Balaban J connectivity index is 1.72. The summed E-state index contributed by atoms with van der Waals surface area (Å²) in [5.41, 5.74) is 1.10. The third-order valence-corrected chi connectivity index (χ3v) is 3.73. The first-order valence-electron chi connectivity index (χ1n) is 6.81. The number of rotatable bonds is 6. The van der Waals surface area contributed by atoms with Crippen molar-refractivity contribution in [1.82, 2.24) is 10.2 Å². The molecule has 1 fully saturated rings. The molecule has 5 heteroatoms. The van der Waals surface area contributed by atoms with Gasteiger partial charge in [0.1, 0.15) is 0 Å². The second-order valence-corrected chi connectivity index (χ2v) is 5.20. The van der Waals surface area contributed by atoms with Crippen molar-refractivity contribution in [3.63, 3.8) is 0 Å². The van der Waals surface area contributed by atoms with Gasteiger partial charge in [-0.25, -0.2) is 0 Å². The highest BCUT2D eigenvalue weighted by atomic mass is 16.4. The van der Waals surface area contributed by atoms with Gasteiger partial charge in [-0.15, -0.1) is 10.2 Å². The van der Waals surface area contributed by atoms with Crippen LogP contribution in [0.15, 0.2) is 34.7 Å². The second kappa shape index (κ2) is 5.07. The van der Waals surface area contributed by atoms with Crippen LogP contribution in [0.2, 0.25) is 0 Å². The molecule has 1 aliphatic carbocycles. The molecular weight excluding hydrogens is 256 g/mol.